The fraction of sp³-hybridized carbons (Fsp3) is 0.825. The SMILES string of the molecule is CCCCCCCCC/C=C/CC/C=C/CC/C=C/C(O)C(COP(=O)([O-])OCC[N+](C)(C)C)NC(=O)CCCCCCCCCCCCCCCCCCC/C=C\C/C=C\CCCCCCCCCCC. The van der Waals surface area contributed by atoms with Crippen LogP contribution in [0.2, 0.25) is 0 Å². The Kier molecular flexibility index (Phi) is 52.7. The fourth-order valence-electron chi connectivity index (χ4n) is 8.86. The molecule has 422 valence electrons. The second-order valence-electron chi connectivity index (χ2n) is 22.0. The second kappa shape index (κ2) is 54.0. The molecule has 0 aromatic carbocycles. The molecule has 72 heavy (non-hydrogen) atoms. The van der Waals surface area contributed by atoms with Gasteiger partial charge in [-0.1, -0.05) is 261 Å². The van der Waals surface area contributed by atoms with Crippen LogP contribution in [0.4, 0.5) is 0 Å². The number of nitrogens with one attached hydrogen (secondary N) is 1. The quantitative estimate of drug-likeness (QED) is 0.0272. The van der Waals surface area contributed by atoms with Gasteiger partial charge in [-0.25, -0.2) is 0 Å². The second-order valence-corrected chi connectivity index (χ2v) is 23.4. The number of aliphatic hydroxyl groups excluding tert-OH is 1. The molecule has 2 N–H and O–H groups in total. The number of likely N-dealkylation sites (N-methyl/N-ethyl adjacent to an activating group) is 1. The molecule has 0 radical (unpaired) electrons. The van der Waals surface area contributed by atoms with Gasteiger partial charge in [0.05, 0.1) is 39.9 Å². The van der Waals surface area contributed by atoms with Crippen LogP contribution in [0, 0.1) is 0 Å². The summed E-state index contributed by atoms with van der Waals surface area (Å²) in [6, 6.07) is -0.911. The van der Waals surface area contributed by atoms with E-state index in [4.69, 9.17) is 9.05 Å². The van der Waals surface area contributed by atoms with Gasteiger partial charge in [-0.05, 0) is 77.0 Å². The largest absolute Gasteiger partial charge is 0.756 e. The summed E-state index contributed by atoms with van der Waals surface area (Å²) in [5, 5.41) is 13.9. The van der Waals surface area contributed by atoms with E-state index in [0.29, 0.717) is 17.4 Å². The first kappa shape index (κ1) is 70.2. The number of phosphoric ester groups is 1. The Hall–Kier alpha value is -1.80. The third-order valence-corrected chi connectivity index (χ3v) is 14.6. The molecule has 9 heteroatoms. The van der Waals surface area contributed by atoms with Crippen molar-refractivity contribution < 1.29 is 32.9 Å². The molecule has 0 saturated carbocycles. The zero-order valence-electron chi connectivity index (χ0n) is 48.1. The molecule has 0 aromatic rings. The highest BCUT2D eigenvalue weighted by atomic mass is 31.2. The van der Waals surface area contributed by atoms with Crippen molar-refractivity contribution in [2.45, 2.75) is 296 Å². The van der Waals surface area contributed by atoms with Crippen LogP contribution < -0.4 is 10.2 Å². The smallest absolute Gasteiger partial charge is 0.268 e. The first-order valence-electron chi connectivity index (χ1n) is 30.7. The van der Waals surface area contributed by atoms with Gasteiger partial charge in [0.1, 0.15) is 13.2 Å². The summed E-state index contributed by atoms with van der Waals surface area (Å²) in [6.07, 6.45) is 73.2. The average Bonchev–Trinajstić information content (AvgIpc) is 3.34. The van der Waals surface area contributed by atoms with Gasteiger partial charge in [-0.15, -0.1) is 0 Å². The van der Waals surface area contributed by atoms with Gasteiger partial charge in [-0.3, -0.25) is 9.36 Å². The number of unbranched alkanes of at least 4 members (excludes halogenated alkanes) is 35. The molecule has 3 unspecified atom stereocenters. The number of rotatable bonds is 56. The van der Waals surface area contributed by atoms with Gasteiger partial charge < -0.3 is 28.8 Å². The number of hydrogen-bond donors (Lipinski definition) is 2. The number of nitrogens with zero attached hydrogens (tertiary/aromatic N) is 1. The van der Waals surface area contributed by atoms with Gasteiger partial charge in [-0.2, -0.15) is 0 Å². The molecular formula is C63H119N2O6P. The Morgan fingerprint density at radius 3 is 1.21 bits per heavy atom. The number of carbonyl (C=O) groups excluding carboxylic acids is 1. The maximum Gasteiger partial charge on any atom is 0.268 e. The number of carbonyl (C=O) groups is 1. The van der Waals surface area contributed by atoms with Crippen molar-refractivity contribution in [3.8, 4) is 0 Å². The standard InChI is InChI=1S/C63H119N2O6P/c1-6-8-10-12-14-16-18-20-22-24-25-26-27-28-29-30-31-32-33-34-35-36-37-38-39-41-43-45-47-49-51-53-55-57-63(67)64-61(60-71-72(68,69)70-59-58-65(3,4)5)62(66)56-54-52-50-48-46-44-42-40-23-21-19-17-15-13-11-9-7-2/h23,25-26,28-29,40,46,48,54,56,61-62,66H,6-22,24,27,30-39,41-45,47,49-53,55,57-60H2,1-5H3,(H-,64,67,68,69)/b26-25-,29-28-,40-23+,48-46+,56-54+. The Morgan fingerprint density at radius 2 is 0.819 bits per heavy atom. The summed E-state index contributed by atoms with van der Waals surface area (Å²) in [7, 11) is 1.24. The summed E-state index contributed by atoms with van der Waals surface area (Å²) in [5.74, 6) is -0.210. The summed E-state index contributed by atoms with van der Waals surface area (Å²) < 4.78 is 23.3. The van der Waals surface area contributed by atoms with E-state index in [0.717, 1.165) is 51.4 Å². The summed E-state index contributed by atoms with van der Waals surface area (Å²) >= 11 is 0. The van der Waals surface area contributed by atoms with Crippen molar-refractivity contribution in [3.05, 3.63) is 60.8 Å². The van der Waals surface area contributed by atoms with Crippen molar-refractivity contribution in [1.82, 2.24) is 5.32 Å². The minimum absolute atomic E-state index is 0.00963. The molecule has 0 fully saturated rings. The van der Waals surface area contributed by atoms with E-state index in [1.54, 1.807) is 6.08 Å². The molecule has 0 saturated heterocycles. The molecule has 1 amide bonds. The van der Waals surface area contributed by atoms with E-state index in [1.165, 1.54) is 212 Å². The third-order valence-electron chi connectivity index (χ3n) is 13.7. The minimum atomic E-state index is -4.61. The Bertz CT molecular complexity index is 1360. The van der Waals surface area contributed by atoms with Crippen LogP contribution in [0.3, 0.4) is 0 Å². The predicted octanol–water partition coefficient (Wildman–Crippen LogP) is 18.2. The van der Waals surface area contributed by atoms with Gasteiger partial charge in [0.2, 0.25) is 5.91 Å². The maximum absolute atomic E-state index is 13.0. The molecule has 0 spiro atoms. The Balaban J connectivity index is 4.10. The molecular weight excluding hydrogens is 912 g/mol. The lowest BCUT2D eigenvalue weighted by Crippen LogP contribution is -2.45. The van der Waals surface area contributed by atoms with Crippen LogP contribution in [0.15, 0.2) is 60.8 Å². The molecule has 0 aliphatic rings. The topological polar surface area (TPSA) is 108 Å². The van der Waals surface area contributed by atoms with E-state index in [9.17, 15) is 19.4 Å². The zero-order valence-corrected chi connectivity index (χ0v) is 49.0. The van der Waals surface area contributed by atoms with Crippen LogP contribution in [-0.2, 0) is 18.4 Å². The fourth-order valence-corrected chi connectivity index (χ4v) is 9.59. The van der Waals surface area contributed by atoms with Crippen molar-refractivity contribution in [2.24, 2.45) is 0 Å². The van der Waals surface area contributed by atoms with Gasteiger partial charge in [0, 0.05) is 6.42 Å². The molecule has 8 nitrogen and oxygen atoms in total. The highest BCUT2D eigenvalue weighted by Crippen LogP contribution is 2.38. The number of quaternary nitrogens is 1. The summed E-state index contributed by atoms with van der Waals surface area (Å²) in [5.41, 5.74) is 0. The normalized spacial score (nSPS) is 14.3. The molecule has 0 bridgehead atoms. The molecule has 0 rings (SSSR count). The predicted molar refractivity (Wildman–Crippen MR) is 311 cm³/mol. The Morgan fingerprint density at radius 1 is 0.486 bits per heavy atom. The molecule has 0 heterocycles. The van der Waals surface area contributed by atoms with Crippen molar-refractivity contribution >= 4 is 13.7 Å². The highest BCUT2D eigenvalue weighted by molar-refractivity contribution is 7.45. The van der Waals surface area contributed by atoms with E-state index >= 15 is 0 Å². The average molecular weight is 1030 g/mol. The molecule has 0 aliphatic heterocycles. The molecule has 0 aliphatic carbocycles. The number of hydrogen-bond acceptors (Lipinski definition) is 6. The van der Waals surface area contributed by atoms with E-state index in [1.807, 2.05) is 27.2 Å². The highest BCUT2D eigenvalue weighted by Gasteiger charge is 2.23. The van der Waals surface area contributed by atoms with Gasteiger partial charge >= 0.3 is 0 Å². The van der Waals surface area contributed by atoms with Crippen molar-refractivity contribution in [3.63, 3.8) is 0 Å². The number of aliphatic hydroxyl groups is 1. The van der Waals surface area contributed by atoms with Gasteiger partial charge in [0.15, 0.2) is 0 Å². The van der Waals surface area contributed by atoms with Gasteiger partial charge in [0.25, 0.3) is 7.82 Å². The molecule has 0 aromatic heterocycles. The summed E-state index contributed by atoms with van der Waals surface area (Å²) in [4.78, 5) is 25.5. The number of allylic oxidation sites excluding steroid dienone is 9. The first-order valence-corrected chi connectivity index (χ1v) is 32.1. The first-order chi connectivity index (χ1) is 35.0. The maximum atomic E-state index is 13.0. The Labute approximate surface area is 447 Å². The van der Waals surface area contributed by atoms with E-state index < -0.39 is 26.6 Å². The lowest BCUT2D eigenvalue weighted by molar-refractivity contribution is -0.870. The van der Waals surface area contributed by atoms with Crippen LogP contribution >= 0.6 is 7.82 Å². The van der Waals surface area contributed by atoms with E-state index in [2.05, 4.69) is 67.8 Å². The lowest BCUT2D eigenvalue weighted by Gasteiger charge is -2.29. The zero-order chi connectivity index (χ0) is 52.7. The number of amides is 1. The van der Waals surface area contributed by atoms with Crippen LogP contribution in [0.5, 0.6) is 0 Å². The number of phosphoric acid groups is 1. The van der Waals surface area contributed by atoms with Crippen molar-refractivity contribution in [2.75, 3.05) is 40.9 Å². The lowest BCUT2D eigenvalue weighted by atomic mass is 10.0. The third kappa shape index (κ3) is 55.9. The van der Waals surface area contributed by atoms with Crippen molar-refractivity contribution in [1.29, 1.82) is 0 Å². The van der Waals surface area contributed by atoms with Crippen LogP contribution in [0.1, 0.15) is 284 Å². The minimum Gasteiger partial charge on any atom is -0.756 e. The molecule has 3 atom stereocenters. The monoisotopic (exact) mass is 1030 g/mol. The summed E-state index contributed by atoms with van der Waals surface area (Å²) in [6.45, 7) is 4.63. The van der Waals surface area contributed by atoms with E-state index in [-0.39, 0.29) is 12.5 Å². The van der Waals surface area contributed by atoms with Crippen LogP contribution in [0.25, 0.3) is 0 Å². The van der Waals surface area contributed by atoms with Crippen LogP contribution in [-0.4, -0.2) is 68.5 Å².